The Bertz CT molecular complexity index is 620. The molecule has 0 N–H and O–H groups in total. The van der Waals surface area contributed by atoms with Crippen LogP contribution in [0.2, 0.25) is 0 Å². The van der Waals surface area contributed by atoms with Crippen molar-refractivity contribution >= 4 is 11.9 Å². The van der Waals surface area contributed by atoms with Crippen LogP contribution in [-0.2, 0) is 14.3 Å². The van der Waals surface area contributed by atoms with Gasteiger partial charge in [0, 0.05) is 0 Å². The second kappa shape index (κ2) is 7.24. The first-order chi connectivity index (χ1) is 10.2. The lowest BCUT2D eigenvalue weighted by atomic mass is 10.00. The van der Waals surface area contributed by atoms with Crippen molar-refractivity contribution < 1.29 is 19.1 Å². The van der Waals surface area contributed by atoms with Crippen molar-refractivity contribution in [1.82, 2.24) is 0 Å². The van der Waals surface area contributed by atoms with Crippen molar-refractivity contribution in [2.45, 2.75) is 6.92 Å². The van der Waals surface area contributed by atoms with Gasteiger partial charge in [0.1, 0.15) is 0 Å². The number of hydrogen-bond donors (Lipinski definition) is 0. The van der Waals surface area contributed by atoms with E-state index in [0.717, 1.165) is 11.1 Å². The van der Waals surface area contributed by atoms with Crippen LogP contribution >= 0.6 is 0 Å². The van der Waals surface area contributed by atoms with Crippen molar-refractivity contribution in [3.8, 4) is 11.1 Å². The molecular weight excluding hydrogens is 268 g/mol. The fourth-order valence-electron chi connectivity index (χ4n) is 1.94. The fraction of sp³-hybridized carbons (Fsp3) is 0.176. The van der Waals surface area contributed by atoms with Crippen molar-refractivity contribution in [1.29, 1.82) is 0 Å². The zero-order chi connectivity index (χ0) is 15.1. The molecule has 0 spiro atoms. The lowest BCUT2D eigenvalue weighted by molar-refractivity contribution is -0.146. The molecule has 4 heteroatoms. The summed E-state index contributed by atoms with van der Waals surface area (Å²) in [6, 6.07) is 16.7. The van der Waals surface area contributed by atoms with Gasteiger partial charge in [0.25, 0.3) is 0 Å². The van der Waals surface area contributed by atoms with Gasteiger partial charge in [-0.15, -0.1) is 0 Å². The predicted molar refractivity (Wildman–Crippen MR) is 78.8 cm³/mol. The van der Waals surface area contributed by atoms with Crippen molar-refractivity contribution in [3.63, 3.8) is 0 Å². The smallest absolute Gasteiger partial charge is 0.344 e. The molecular formula is C17H16O4. The van der Waals surface area contributed by atoms with E-state index in [-0.39, 0.29) is 13.2 Å². The quantitative estimate of drug-likeness (QED) is 0.792. The lowest BCUT2D eigenvalue weighted by Crippen LogP contribution is -2.16. The van der Waals surface area contributed by atoms with E-state index in [0.29, 0.717) is 5.56 Å². The van der Waals surface area contributed by atoms with Gasteiger partial charge >= 0.3 is 11.9 Å². The highest BCUT2D eigenvalue weighted by atomic mass is 16.6. The van der Waals surface area contributed by atoms with E-state index in [4.69, 9.17) is 9.47 Å². The Morgan fingerprint density at radius 3 is 2.29 bits per heavy atom. The third kappa shape index (κ3) is 3.92. The van der Waals surface area contributed by atoms with Gasteiger partial charge in [-0.2, -0.15) is 0 Å². The maximum atomic E-state index is 12.1. The molecule has 0 fully saturated rings. The zero-order valence-corrected chi connectivity index (χ0v) is 11.7. The topological polar surface area (TPSA) is 52.6 Å². The average Bonchev–Trinajstić information content (AvgIpc) is 2.54. The second-order valence-electron chi connectivity index (χ2n) is 4.29. The molecule has 0 unspecified atom stereocenters. The molecule has 21 heavy (non-hydrogen) atoms. The maximum Gasteiger partial charge on any atom is 0.344 e. The minimum absolute atomic E-state index is 0.261. The summed E-state index contributed by atoms with van der Waals surface area (Å²) in [4.78, 5) is 23.4. The van der Waals surface area contributed by atoms with Gasteiger partial charge in [-0.25, -0.2) is 9.59 Å². The van der Waals surface area contributed by atoms with Crippen molar-refractivity contribution in [2.75, 3.05) is 13.2 Å². The van der Waals surface area contributed by atoms with Crippen LogP contribution in [-0.4, -0.2) is 25.2 Å². The van der Waals surface area contributed by atoms with Crippen molar-refractivity contribution in [3.05, 3.63) is 60.2 Å². The summed E-state index contributed by atoms with van der Waals surface area (Å²) in [6.45, 7) is 1.58. The molecule has 0 aliphatic carbocycles. The van der Waals surface area contributed by atoms with Crippen LogP contribution in [0.4, 0.5) is 0 Å². The Kier molecular flexibility index (Phi) is 5.10. The van der Waals surface area contributed by atoms with E-state index in [2.05, 4.69) is 0 Å². The summed E-state index contributed by atoms with van der Waals surface area (Å²) in [6.07, 6.45) is 0. The van der Waals surface area contributed by atoms with E-state index in [1.165, 1.54) is 0 Å². The number of carbonyl (C=O) groups excluding carboxylic acids is 2. The van der Waals surface area contributed by atoms with Crippen LogP contribution in [0.25, 0.3) is 11.1 Å². The number of esters is 2. The maximum absolute atomic E-state index is 12.1. The lowest BCUT2D eigenvalue weighted by Gasteiger charge is -2.09. The third-order valence-electron chi connectivity index (χ3n) is 2.86. The van der Waals surface area contributed by atoms with E-state index in [1.807, 2.05) is 42.5 Å². The molecule has 0 aliphatic rings. The van der Waals surface area contributed by atoms with E-state index in [1.54, 1.807) is 19.1 Å². The van der Waals surface area contributed by atoms with E-state index in [9.17, 15) is 9.59 Å². The van der Waals surface area contributed by atoms with Gasteiger partial charge in [0.15, 0.2) is 6.61 Å². The van der Waals surface area contributed by atoms with Gasteiger partial charge in [0.2, 0.25) is 0 Å². The molecule has 0 radical (unpaired) electrons. The molecule has 0 aliphatic heterocycles. The molecule has 2 rings (SSSR count). The number of rotatable bonds is 5. The standard InChI is InChI=1S/C17H16O4/c1-2-20-16(18)12-21-17(19)15-11-7-6-10-14(15)13-8-4-3-5-9-13/h3-11H,2,12H2,1H3. The Balaban J connectivity index is 2.17. The first kappa shape index (κ1) is 14.8. The molecule has 0 amide bonds. The van der Waals surface area contributed by atoms with Crippen LogP contribution < -0.4 is 0 Å². The highest BCUT2D eigenvalue weighted by Crippen LogP contribution is 2.23. The SMILES string of the molecule is CCOC(=O)COC(=O)c1ccccc1-c1ccccc1. The molecule has 2 aromatic rings. The molecule has 0 saturated carbocycles. The fourth-order valence-corrected chi connectivity index (χ4v) is 1.94. The summed E-state index contributed by atoms with van der Waals surface area (Å²) in [7, 11) is 0. The second-order valence-corrected chi connectivity index (χ2v) is 4.29. The Hall–Kier alpha value is -2.62. The van der Waals surface area contributed by atoms with Gasteiger partial charge in [0.05, 0.1) is 12.2 Å². The van der Waals surface area contributed by atoms with Gasteiger partial charge < -0.3 is 9.47 Å². The molecule has 0 atom stereocenters. The Morgan fingerprint density at radius 2 is 1.57 bits per heavy atom. The average molecular weight is 284 g/mol. The molecule has 0 aromatic heterocycles. The molecule has 4 nitrogen and oxygen atoms in total. The minimum Gasteiger partial charge on any atom is -0.463 e. The van der Waals surface area contributed by atoms with Crippen LogP contribution in [0.15, 0.2) is 54.6 Å². The van der Waals surface area contributed by atoms with Gasteiger partial charge in [-0.3, -0.25) is 0 Å². The number of carbonyl (C=O) groups is 2. The molecule has 108 valence electrons. The van der Waals surface area contributed by atoms with Crippen LogP contribution in [0.1, 0.15) is 17.3 Å². The van der Waals surface area contributed by atoms with Gasteiger partial charge in [-0.1, -0.05) is 48.5 Å². The number of hydrogen-bond acceptors (Lipinski definition) is 4. The minimum atomic E-state index is -0.553. The third-order valence-corrected chi connectivity index (χ3v) is 2.86. The first-order valence-electron chi connectivity index (χ1n) is 6.69. The summed E-state index contributed by atoms with van der Waals surface area (Å²) in [5.74, 6) is -1.09. The van der Waals surface area contributed by atoms with E-state index < -0.39 is 11.9 Å². The molecule has 0 bridgehead atoms. The molecule has 0 saturated heterocycles. The molecule has 2 aromatic carbocycles. The van der Waals surface area contributed by atoms with Crippen LogP contribution in [0, 0.1) is 0 Å². The molecule has 0 heterocycles. The highest BCUT2D eigenvalue weighted by Gasteiger charge is 2.15. The summed E-state index contributed by atoms with van der Waals surface area (Å²) >= 11 is 0. The summed E-state index contributed by atoms with van der Waals surface area (Å²) < 4.78 is 9.72. The largest absolute Gasteiger partial charge is 0.463 e. The number of ether oxygens (including phenoxy) is 2. The van der Waals surface area contributed by atoms with Crippen LogP contribution in [0.5, 0.6) is 0 Å². The normalized spacial score (nSPS) is 9.95. The van der Waals surface area contributed by atoms with Crippen LogP contribution in [0.3, 0.4) is 0 Å². The monoisotopic (exact) mass is 284 g/mol. The Morgan fingerprint density at radius 1 is 0.905 bits per heavy atom. The Labute approximate surface area is 123 Å². The zero-order valence-electron chi connectivity index (χ0n) is 11.7. The van der Waals surface area contributed by atoms with Gasteiger partial charge in [-0.05, 0) is 24.1 Å². The first-order valence-corrected chi connectivity index (χ1v) is 6.69. The van der Waals surface area contributed by atoms with E-state index >= 15 is 0 Å². The van der Waals surface area contributed by atoms with Crippen molar-refractivity contribution in [2.24, 2.45) is 0 Å². The summed E-state index contributed by atoms with van der Waals surface area (Å²) in [5, 5.41) is 0. The summed E-state index contributed by atoms with van der Waals surface area (Å²) in [5.41, 5.74) is 2.11. The highest BCUT2D eigenvalue weighted by molar-refractivity contribution is 5.98. The number of benzene rings is 2. The predicted octanol–water partition coefficient (Wildman–Crippen LogP) is 3.07.